The number of hydrogen-bond acceptors (Lipinski definition) is 3. The van der Waals surface area contributed by atoms with E-state index in [2.05, 4.69) is 36.1 Å². The fraction of sp³-hybridized carbons (Fsp3) is 0.600. The molecule has 2 unspecified atom stereocenters. The van der Waals surface area contributed by atoms with Crippen molar-refractivity contribution < 1.29 is 4.74 Å². The summed E-state index contributed by atoms with van der Waals surface area (Å²) >= 11 is 2.07. The van der Waals surface area contributed by atoms with E-state index < -0.39 is 0 Å². The quantitative estimate of drug-likeness (QED) is 0.883. The van der Waals surface area contributed by atoms with Crippen LogP contribution in [0.4, 0.5) is 5.69 Å². The molecule has 1 aliphatic heterocycles. The second-order valence-corrected chi connectivity index (χ2v) is 6.65. The molecule has 0 aromatic heterocycles. The van der Waals surface area contributed by atoms with Crippen molar-refractivity contribution in [2.24, 2.45) is 0 Å². The molecular weight excluding hydrogens is 242 g/mol. The van der Waals surface area contributed by atoms with Crippen LogP contribution in [0.2, 0.25) is 0 Å². The first-order valence-electron chi connectivity index (χ1n) is 6.80. The monoisotopic (exact) mass is 265 g/mol. The second kappa shape index (κ2) is 6.37. The Morgan fingerprint density at radius 1 is 1.28 bits per heavy atom. The Morgan fingerprint density at radius 2 is 2.00 bits per heavy atom. The predicted molar refractivity (Wildman–Crippen MR) is 80.8 cm³/mol. The van der Waals surface area contributed by atoms with E-state index in [1.807, 2.05) is 26.0 Å². The maximum absolute atomic E-state index is 5.65. The molecule has 1 fully saturated rings. The second-order valence-electron chi connectivity index (χ2n) is 5.16. The lowest BCUT2D eigenvalue weighted by atomic mass is 10.1. The minimum atomic E-state index is 0.235. The summed E-state index contributed by atoms with van der Waals surface area (Å²) in [7, 11) is 0. The largest absolute Gasteiger partial charge is 0.491 e. The highest BCUT2D eigenvalue weighted by atomic mass is 32.2. The van der Waals surface area contributed by atoms with Crippen LogP contribution in [0, 0.1) is 0 Å². The van der Waals surface area contributed by atoms with Crippen LogP contribution in [-0.2, 0) is 0 Å². The van der Waals surface area contributed by atoms with E-state index in [4.69, 9.17) is 4.74 Å². The molecule has 2 rings (SSSR count). The molecule has 3 heteroatoms. The van der Waals surface area contributed by atoms with Crippen LogP contribution in [0.1, 0.15) is 33.6 Å². The van der Waals surface area contributed by atoms with Crippen molar-refractivity contribution >= 4 is 17.4 Å². The number of rotatable bonds is 4. The van der Waals surface area contributed by atoms with Gasteiger partial charge in [-0.05, 0) is 56.7 Å². The van der Waals surface area contributed by atoms with E-state index in [0.29, 0.717) is 11.3 Å². The maximum atomic E-state index is 5.65. The van der Waals surface area contributed by atoms with Gasteiger partial charge in [0.2, 0.25) is 0 Å². The molecule has 0 aliphatic carbocycles. The third kappa shape index (κ3) is 3.84. The van der Waals surface area contributed by atoms with Crippen LogP contribution in [-0.4, -0.2) is 23.1 Å². The molecule has 1 aromatic carbocycles. The Morgan fingerprint density at radius 3 is 2.61 bits per heavy atom. The third-order valence-corrected chi connectivity index (χ3v) is 4.56. The molecule has 1 saturated heterocycles. The Kier molecular flexibility index (Phi) is 4.81. The van der Waals surface area contributed by atoms with Crippen molar-refractivity contribution in [3.8, 4) is 5.75 Å². The Balaban J connectivity index is 1.93. The van der Waals surface area contributed by atoms with Crippen molar-refractivity contribution in [3.05, 3.63) is 24.3 Å². The molecule has 1 aromatic rings. The molecule has 2 atom stereocenters. The van der Waals surface area contributed by atoms with Crippen molar-refractivity contribution in [1.82, 2.24) is 0 Å². The number of ether oxygens (including phenoxy) is 1. The molecular formula is C15H23NOS. The van der Waals surface area contributed by atoms with Crippen molar-refractivity contribution in [2.75, 3.05) is 11.1 Å². The van der Waals surface area contributed by atoms with E-state index >= 15 is 0 Å². The minimum Gasteiger partial charge on any atom is -0.491 e. The van der Waals surface area contributed by atoms with Gasteiger partial charge in [-0.25, -0.2) is 0 Å². The van der Waals surface area contributed by atoms with Gasteiger partial charge >= 0.3 is 0 Å². The Labute approximate surface area is 114 Å². The summed E-state index contributed by atoms with van der Waals surface area (Å²) in [5.74, 6) is 2.25. The maximum Gasteiger partial charge on any atom is 0.119 e. The molecule has 1 N–H and O–H groups in total. The zero-order valence-electron chi connectivity index (χ0n) is 11.5. The van der Waals surface area contributed by atoms with Gasteiger partial charge in [-0.2, -0.15) is 11.8 Å². The van der Waals surface area contributed by atoms with E-state index in [0.717, 1.165) is 5.75 Å². The van der Waals surface area contributed by atoms with Gasteiger partial charge in [0.1, 0.15) is 5.75 Å². The molecule has 2 nitrogen and oxygen atoms in total. The molecule has 18 heavy (non-hydrogen) atoms. The average molecular weight is 265 g/mol. The molecule has 100 valence electrons. The van der Waals surface area contributed by atoms with Gasteiger partial charge in [0, 0.05) is 17.0 Å². The summed E-state index contributed by atoms with van der Waals surface area (Å²) in [4.78, 5) is 0. The van der Waals surface area contributed by atoms with Gasteiger partial charge in [0.15, 0.2) is 0 Å². The van der Waals surface area contributed by atoms with Gasteiger partial charge in [-0.1, -0.05) is 6.92 Å². The Hall–Kier alpha value is -0.830. The molecule has 0 spiro atoms. The Bertz CT molecular complexity index is 363. The summed E-state index contributed by atoms with van der Waals surface area (Å²) in [6, 6.07) is 8.92. The van der Waals surface area contributed by atoms with E-state index in [1.54, 1.807) is 0 Å². The van der Waals surface area contributed by atoms with Gasteiger partial charge in [0.25, 0.3) is 0 Å². The van der Waals surface area contributed by atoms with Gasteiger partial charge < -0.3 is 10.1 Å². The minimum absolute atomic E-state index is 0.235. The zero-order chi connectivity index (χ0) is 13.0. The highest BCUT2D eigenvalue weighted by molar-refractivity contribution is 8.00. The number of hydrogen-bond donors (Lipinski definition) is 1. The summed E-state index contributed by atoms with van der Waals surface area (Å²) in [6.07, 6.45) is 2.83. The van der Waals surface area contributed by atoms with Crippen LogP contribution >= 0.6 is 11.8 Å². The van der Waals surface area contributed by atoms with E-state index in [9.17, 15) is 0 Å². The number of thioether (sulfide) groups is 1. The van der Waals surface area contributed by atoms with E-state index in [1.165, 1.54) is 24.3 Å². The molecule has 0 saturated carbocycles. The smallest absolute Gasteiger partial charge is 0.119 e. The predicted octanol–water partition coefficient (Wildman–Crippen LogP) is 4.17. The lowest BCUT2D eigenvalue weighted by Gasteiger charge is -2.30. The standard InChI is InChI=1S/C15H23NOS/c1-11(2)17-14-8-6-13(7-9-14)16-15-5-4-10-18-12(15)3/h6-9,11-12,15-16H,4-5,10H2,1-3H3. The lowest BCUT2D eigenvalue weighted by molar-refractivity contribution is 0.242. The zero-order valence-corrected chi connectivity index (χ0v) is 12.3. The fourth-order valence-electron chi connectivity index (χ4n) is 2.23. The van der Waals surface area contributed by atoms with Crippen molar-refractivity contribution in [2.45, 2.75) is 51.0 Å². The number of benzene rings is 1. The van der Waals surface area contributed by atoms with Gasteiger partial charge in [-0.15, -0.1) is 0 Å². The van der Waals surface area contributed by atoms with Crippen LogP contribution in [0.5, 0.6) is 5.75 Å². The van der Waals surface area contributed by atoms with E-state index in [-0.39, 0.29) is 6.10 Å². The van der Waals surface area contributed by atoms with Crippen molar-refractivity contribution in [1.29, 1.82) is 0 Å². The van der Waals surface area contributed by atoms with Crippen LogP contribution in [0.3, 0.4) is 0 Å². The molecule has 0 radical (unpaired) electrons. The van der Waals surface area contributed by atoms with Crippen molar-refractivity contribution in [3.63, 3.8) is 0 Å². The fourth-order valence-corrected chi connectivity index (χ4v) is 3.37. The summed E-state index contributed by atoms with van der Waals surface area (Å²) in [5.41, 5.74) is 1.20. The average Bonchev–Trinajstić information content (AvgIpc) is 2.34. The number of anilines is 1. The van der Waals surface area contributed by atoms with Crippen LogP contribution < -0.4 is 10.1 Å². The van der Waals surface area contributed by atoms with Crippen LogP contribution in [0.15, 0.2) is 24.3 Å². The molecule has 1 heterocycles. The number of nitrogens with one attached hydrogen (secondary N) is 1. The summed E-state index contributed by atoms with van der Waals surface area (Å²) in [5, 5.41) is 4.33. The first kappa shape index (κ1) is 13.6. The SMILES string of the molecule is CC(C)Oc1ccc(NC2CCCSC2C)cc1. The topological polar surface area (TPSA) is 21.3 Å². The molecule has 0 bridgehead atoms. The summed E-state index contributed by atoms with van der Waals surface area (Å²) < 4.78 is 5.65. The first-order chi connectivity index (χ1) is 8.65. The third-order valence-electron chi connectivity index (χ3n) is 3.19. The van der Waals surface area contributed by atoms with Gasteiger partial charge in [0.05, 0.1) is 6.10 Å². The highest BCUT2D eigenvalue weighted by Crippen LogP contribution is 2.28. The molecule has 0 amide bonds. The van der Waals surface area contributed by atoms with Gasteiger partial charge in [-0.3, -0.25) is 0 Å². The van der Waals surface area contributed by atoms with Crippen LogP contribution in [0.25, 0.3) is 0 Å². The highest BCUT2D eigenvalue weighted by Gasteiger charge is 2.21. The first-order valence-corrected chi connectivity index (χ1v) is 7.85. The molecule has 1 aliphatic rings. The summed E-state index contributed by atoms with van der Waals surface area (Å²) in [6.45, 7) is 6.41. The normalized spacial score (nSPS) is 24.0. The lowest BCUT2D eigenvalue weighted by Crippen LogP contribution is -2.32.